The summed E-state index contributed by atoms with van der Waals surface area (Å²) < 4.78 is 24.5. The third kappa shape index (κ3) is 5.16. The highest BCUT2D eigenvalue weighted by Crippen LogP contribution is 2.31. The van der Waals surface area contributed by atoms with Crippen LogP contribution in [0, 0.1) is 10.1 Å². The molecule has 0 spiro atoms. The van der Waals surface area contributed by atoms with Crippen LogP contribution in [0.25, 0.3) is 0 Å². The molecule has 138 valence electrons. The normalized spacial score (nSPS) is 11.0. The Morgan fingerprint density at radius 2 is 1.62 bits per heavy atom. The molecule has 0 heterocycles. The zero-order chi connectivity index (χ0) is 19.5. The van der Waals surface area contributed by atoms with Gasteiger partial charge in [0.2, 0.25) is 0 Å². The second-order valence-corrected chi connectivity index (χ2v) is 7.97. The van der Waals surface area contributed by atoms with Gasteiger partial charge in [0.05, 0.1) is 20.0 Å². The monoisotopic (exact) mass is 454 g/mol. The average Bonchev–Trinajstić information content (AvgIpc) is 2.57. The highest BCUT2D eigenvalue weighted by molar-refractivity contribution is 7.89. The van der Waals surface area contributed by atoms with Gasteiger partial charge in [0.15, 0.2) is 5.11 Å². The van der Waals surface area contributed by atoms with Gasteiger partial charge in [0.1, 0.15) is 4.90 Å². The van der Waals surface area contributed by atoms with Crippen LogP contribution in [-0.4, -0.2) is 18.5 Å². The Balaban J connectivity index is 2.04. The van der Waals surface area contributed by atoms with Crippen molar-refractivity contribution in [3.63, 3.8) is 0 Å². The molecule has 0 fully saturated rings. The molecular weight excluding hydrogens is 447 g/mol. The first-order valence-corrected chi connectivity index (χ1v) is 9.60. The molecule has 8 nitrogen and oxygen atoms in total. The summed E-state index contributed by atoms with van der Waals surface area (Å²) in [6, 6.07) is 7.67. The molecule has 3 N–H and O–H groups in total. The van der Waals surface area contributed by atoms with Crippen molar-refractivity contribution < 1.29 is 13.3 Å². The molecule has 0 aliphatic carbocycles. The van der Waals surface area contributed by atoms with Crippen LogP contribution in [0.5, 0.6) is 0 Å². The number of hydrogen-bond acceptors (Lipinski definition) is 5. The Labute approximate surface area is 168 Å². The topological polar surface area (TPSA) is 113 Å². The maximum absolute atomic E-state index is 12.3. The van der Waals surface area contributed by atoms with Crippen LogP contribution in [0.2, 0.25) is 15.1 Å². The molecule has 2 aromatic rings. The molecule has 0 unspecified atom stereocenters. The summed E-state index contributed by atoms with van der Waals surface area (Å²) in [4.78, 5) is 11.8. The number of hydrazine groups is 1. The van der Waals surface area contributed by atoms with Gasteiger partial charge in [-0.2, -0.15) is 0 Å². The molecule has 0 radical (unpaired) electrons. The predicted octanol–water partition coefficient (Wildman–Crippen LogP) is 3.73. The van der Waals surface area contributed by atoms with Crippen molar-refractivity contribution in [2.75, 3.05) is 5.32 Å². The van der Waals surface area contributed by atoms with E-state index in [0.717, 1.165) is 6.07 Å². The van der Waals surface area contributed by atoms with E-state index >= 15 is 0 Å². The fourth-order valence-corrected chi connectivity index (χ4v) is 3.79. The van der Waals surface area contributed by atoms with Crippen molar-refractivity contribution >= 4 is 73.5 Å². The van der Waals surface area contributed by atoms with Gasteiger partial charge in [-0.05, 0) is 36.5 Å². The van der Waals surface area contributed by atoms with E-state index in [2.05, 4.69) is 10.7 Å². The molecule has 26 heavy (non-hydrogen) atoms. The molecule has 0 aliphatic rings. The number of rotatable bonds is 5. The van der Waals surface area contributed by atoms with Crippen LogP contribution >= 0.6 is 47.0 Å². The van der Waals surface area contributed by atoms with Gasteiger partial charge in [0, 0.05) is 17.8 Å². The Bertz CT molecular complexity index is 968. The number of sulfonamides is 1. The van der Waals surface area contributed by atoms with Crippen molar-refractivity contribution in [3.05, 3.63) is 61.6 Å². The number of nitro groups is 1. The van der Waals surface area contributed by atoms with Crippen LogP contribution in [0.1, 0.15) is 0 Å². The molecule has 2 rings (SSSR count). The second kappa shape index (κ2) is 8.33. The molecule has 0 saturated carbocycles. The third-order valence-electron chi connectivity index (χ3n) is 2.90. The molecular formula is C13H9Cl3N4O4S2. The maximum atomic E-state index is 12.3. The summed E-state index contributed by atoms with van der Waals surface area (Å²) >= 11 is 22.4. The van der Waals surface area contributed by atoms with Crippen molar-refractivity contribution in [2.45, 2.75) is 4.90 Å². The number of halogens is 3. The minimum atomic E-state index is -4.09. The lowest BCUT2D eigenvalue weighted by molar-refractivity contribution is -0.384. The van der Waals surface area contributed by atoms with E-state index in [1.807, 2.05) is 4.83 Å². The summed E-state index contributed by atoms with van der Waals surface area (Å²) in [5.74, 6) is 0. The Morgan fingerprint density at radius 1 is 1.04 bits per heavy atom. The van der Waals surface area contributed by atoms with E-state index < -0.39 is 14.9 Å². The number of anilines is 1. The molecule has 0 saturated heterocycles. The number of nitrogens with one attached hydrogen (secondary N) is 3. The van der Waals surface area contributed by atoms with E-state index in [1.54, 1.807) is 0 Å². The van der Waals surface area contributed by atoms with Crippen molar-refractivity contribution in [1.82, 2.24) is 10.3 Å². The first-order chi connectivity index (χ1) is 12.1. The van der Waals surface area contributed by atoms with Crippen LogP contribution in [0.4, 0.5) is 11.4 Å². The zero-order valence-electron chi connectivity index (χ0n) is 12.5. The quantitative estimate of drug-likeness (QED) is 0.272. The van der Waals surface area contributed by atoms with Crippen LogP contribution in [0.15, 0.2) is 41.3 Å². The first kappa shape index (κ1) is 20.6. The second-order valence-electron chi connectivity index (χ2n) is 4.69. The number of nitro benzene ring substituents is 1. The predicted molar refractivity (Wildman–Crippen MR) is 104 cm³/mol. The van der Waals surface area contributed by atoms with E-state index in [-0.39, 0.29) is 30.8 Å². The summed E-state index contributed by atoms with van der Waals surface area (Å²) in [7, 11) is -4.09. The van der Waals surface area contributed by atoms with Gasteiger partial charge in [-0.25, -0.2) is 8.42 Å². The summed E-state index contributed by atoms with van der Waals surface area (Å²) in [6.07, 6.45) is 0. The Kier molecular flexibility index (Phi) is 6.61. The van der Waals surface area contributed by atoms with Crippen molar-refractivity contribution in [1.29, 1.82) is 0 Å². The highest BCUT2D eigenvalue weighted by Gasteiger charge is 2.20. The van der Waals surface area contributed by atoms with E-state index in [9.17, 15) is 18.5 Å². The Morgan fingerprint density at radius 3 is 2.19 bits per heavy atom. The van der Waals surface area contributed by atoms with Crippen molar-refractivity contribution in [3.8, 4) is 0 Å². The summed E-state index contributed by atoms with van der Waals surface area (Å²) in [5, 5.41) is 13.2. The average molecular weight is 456 g/mol. The summed E-state index contributed by atoms with van der Waals surface area (Å²) in [6.45, 7) is 0. The fourth-order valence-electron chi connectivity index (χ4n) is 1.71. The van der Waals surface area contributed by atoms with E-state index in [0.29, 0.717) is 5.69 Å². The third-order valence-corrected chi connectivity index (χ3v) is 5.54. The number of benzene rings is 2. The minimum absolute atomic E-state index is 0.0167. The molecule has 0 amide bonds. The smallest absolute Gasteiger partial charge is 0.269 e. The van der Waals surface area contributed by atoms with Crippen LogP contribution in [0.3, 0.4) is 0 Å². The summed E-state index contributed by atoms with van der Waals surface area (Å²) in [5.41, 5.74) is 2.61. The molecule has 0 aromatic heterocycles. The maximum Gasteiger partial charge on any atom is 0.269 e. The number of non-ortho nitro benzene ring substituents is 1. The Hall–Kier alpha value is -1.69. The molecule has 0 atom stereocenters. The minimum Gasteiger partial charge on any atom is -0.332 e. The molecule has 0 bridgehead atoms. The standard InChI is InChI=1S/C13H9Cl3N4O4S2/c14-9-5-11(16)12(6-10(9)15)26(23,24)19-18-13(25)17-7-1-3-8(4-2-7)20(21)22/h1-6,19H,(H2,17,18,25). The van der Waals surface area contributed by atoms with Gasteiger partial charge >= 0.3 is 0 Å². The lowest BCUT2D eigenvalue weighted by Gasteiger charge is -2.13. The lowest BCUT2D eigenvalue weighted by atomic mass is 10.3. The molecule has 2 aromatic carbocycles. The van der Waals surface area contributed by atoms with Gasteiger partial charge in [-0.1, -0.05) is 34.8 Å². The van der Waals surface area contributed by atoms with Gasteiger partial charge in [-0.3, -0.25) is 15.5 Å². The van der Waals surface area contributed by atoms with E-state index in [4.69, 9.17) is 47.0 Å². The van der Waals surface area contributed by atoms with Gasteiger partial charge in [-0.15, -0.1) is 4.83 Å². The SMILES string of the molecule is O=[N+]([O-])c1ccc(NC(=S)NNS(=O)(=O)c2cc(Cl)c(Cl)cc2Cl)cc1. The highest BCUT2D eigenvalue weighted by atomic mass is 35.5. The largest absolute Gasteiger partial charge is 0.332 e. The van der Waals surface area contributed by atoms with Crippen LogP contribution < -0.4 is 15.6 Å². The van der Waals surface area contributed by atoms with Crippen LogP contribution in [-0.2, 0) is 10.0 Å². The zero-order valence-corrected chi connectivity index (χ0v) is 16.4. The first-order valence-electron chi connectivity index (χ1n) is 6.58. The number of nitrogens with zero attached hydrogens (tertiary/aromatic N) is 1. The lowest BCUT2D eigenvalue weighted by Crippen LogP contribution is -2.43. The molecule has 13 heteroatoms. The fraction of sp³-hybridized carbons (Fsp3) is 0. The number of hydrogen-bond donors (Lipinski definition) is 3. The van der Waals surface area contributed by atoms with E-state index in [1.165, 1.54) is 30.3 Å². The van der Waals surface area contributed by atoms with Gasteiger partial charge in [0.25, 0.3) is 15.7 Å². The van der Waals surface area contributed by atoms with Crippen molar-refractivity contribution in [2.24, 2.45) is 0 Å². The number of thiocarbonyl (C=S) groups is 1. The molecule has 0 aliphatic heterocycles. The van der Waals surface area contributed by atoms with Gasteiger partial charge < -0.3 is 5.32 Å².